The molecule has 0 saturated heterocycles. The van der Waals surface area contributed by atoms with Gasteiger partial charge >= 0.3 is 0 Å². The predicted octanol–water partition coefficient (Wildman–Crippen LogP) is 9.95. The third-order valence-electron chi connectivity index (χ3n) is 8.00. The highest BCUT2D eigenvalue weighted by atomic mass is 32.2. The molecule has 43 heavy (non-hydrogen) atoms. The number of phenols is 2. The Bertz CT molecular complexity index is 1460. The number of ether oxygens (including phenoxy) is 1. The number of thioether (sulfide) groups is 1. The predicted molar refractivity (Wildman–Crippen MR) is 178 cm³/mol. The molecule has 0 spiro atoms. The summed E-state index contributed by atoms with van der Waals surface area (Å²) >= 11 is 1.28. The Morgan fingerprint density at radius 1 is 0.744 bits per heavy atom. The topological polar surface area (TPSA) is 76.0 Å². The molecule has 0 aliphatic carbocycles. The van der Waals surface area contributed by atoms with E-state index in [1.165, 1.54) is 23.9 Å². The third kappa shape index (κ3) is 7.64. The molecule has 0 aliphatic rings. The highest BCUT2D eigenvalue weighted by molar-refractivity contribution is 8.00. The van der Waals surface area contributed by atoms with Gasteiger partial charge in [0.15, 0.2) is 5.78 Å². The normalized spacial score (nSPS) is 12.5. The standard InChI is InChI=1S/C36H42O5SSi/c1-24(2)43(25(3)4,26(5)6)41-31-18-14-29(15-19-31)36(35(39)28-12-16-30(37)17-13-28)42-34-21-20-32(22-33(34)38)40-23-27-10-8-7-9-11-27/h7-22,24-26,36-38H,23H2,1-6H3. The van der Waals surface area contributed by atoms with E-state index in [1.54, 1.807) is 30.3 Å². The van der Waals surface area contributed by atoms with Crippen molar-refractivity contribution in [2.45, 2.75) is 74.9 Å². The molecule has 7 heteroatoms. The maximum absolute atomic E-state index is 13.8. The number of phenolic OH excluding ortho intramolecular Hbond substituents is 2. The third-order valence-corrected chi connectivity index (χ3v) is 15.3. The number of aromatic hydroxyl groups is 2. The van der Waals surface area contributed by atoms with Crippen molar-refractivity contribution >= 4 is 25.9 Å². The first-order chi connectivity index (χ1) is 20.5. The minimum Gasteiger partial charge on any atom is -0.543 e. The highest BCUT2D eigenvalue weighted by Crippen LogP contribution is 2.45. The van der Waals surface area contributed by atoms with Gasteiger partial charge in [0.2, 0.25) is 0 Å². The van der Waals surface area contributed by atoms with Crippen LogP contribution in [0.5, 0.6) is 23.0 Å². The molecule has 4 rings (SSSR count). The second-order valence-electron chi connectivity index (χ2n) is 11.8. The first kappa shape index (κ1) is 32.2. The van der Waals surface area contributed by atoms with Crippen molar-refractivity contribution in [3.8, 4) is 23.0 Å². The van der Waals surface area contributed by atoms with Crippen LogP contribution in [0.4, 0.5) is 0 Å². The van der Waals surface area contributed by atoms with Crippen LogP contribution in [0.1, 0.15) is 68.3 Å². The zero-order valence-electron chi connectivity index (χ0n) is 25.8. The minimum absolute atomic E-state index is 0.0422. The number of carbonyl (C=O) groups is 1. The number of hydrogen-bond donors (Lipinski definition) is 2. The number of Topliss-reactive ketones (excluding diaryl/α,β-unsaturated/α-hetero) is 1. The lowest BCUT2D eigenvalue weighted by Crippen LogP contribution is -2.50. The van der Waals surface area contributed by atoms with E-state index in [0.29, 0.717) is 39.4 Å². The second kappa shape index (κ2) is 14.2. The zero-order valence-corrected chi connectivity index (χ0v) is 27.6. The summed E-state index contributed by atoms with van der Waals surface area (Å²) < 4.78 is 12.7. The first-order valence-electron chi connectivity index (χ1n) is 14.8. The van der Waals surface area contributed by atoms with Crippen LogP contribution in [0.2, 0.25) is 16.6 Å². The first-order valence-corrected chi connectivity index (χ1v) is 17.8. The minimum atomic E-state index is -2.14. The Balaban J connectivity index is 1.61. The van der Waals surface area contributed by atoms with E-state index in [2.05, 4.69) is 41.5 Å². The summed E-state index contributed by atoms with van der Waals surface area (Å²) in [5.74, 6) is 1.37. The van der Waals surface area contributed by atoms with Gasteiger partial charge in [-0.1, -0.05) is 84.0 Å². The molecule has 2 N–H and O–H groups in total. The molecular weight excluding hydrogens is 573 g/mol. The number of benzene rings is 4. The van der Waals surface area contributed by atoms with Gasteiger partial charge in [0.25, 0.3) is 8.32 Å². The summed E-state index contributed by atoms with van der Waals surface area (Å²) in [5, 5.41) is 20.1. The van der Waals surface area contributed by atoms with E-state index in [0.717, 1.165) is 16.9 Å². The molecule has 4 aromatic rings. The van der Waals surface area contributed by atoms with Crippen molar-refractivity contribution in [3.63, 3.8) is 0 Å². The van der Waals surface area contributed by atoms with Crippen molar-refractivity contribution in [1.82, 2.24) is 0 Å². The lowest BCUT2D eigenvalue weighted by atomic mass is 10.0. The van der Waals surface area contributed by atoms with E-state index in [-0.39, 0.29) is 17.3 Å². The van der Waals surface area contributed by atoms with Crippen molar-refractivity contribution in [2.24, 2.45) is 0 Å². The molecule has 226 valence electrons. The fourth-order valence-corrected chi connectivity index (χ4v) is 12.2. The van der Waals surface area contributed by atoms with E-state index in [1.807, 2.05) is 54.6 Å². The van der Waals surface area contributed by atoms with Crippen LogP contribution in [0.3, 0.4) is 0 Å². The summed E-state index contributed by atoms with van der Waals surface area (Å²) in [7, 11) is -2.14. The molecule has 5 nitrogen and oxygen atoms in total. The van der Waals surface area contributed by atoms with E-state index in [9.17, 15) is 15.0 Å². The van der Waals surface area contributed by atoms with E-state index >= 15 is 0 Å². The summed E-state index contributed by atoms with van der Waals surface area (Å²) in [6, 6.07) is 29.1. The Hall–Kier alpha value is -3.68. The van der Waals surface area contributed by atoms with Gasteiger partial charge in [0, 0.05) is 11.6 Å². The molecule has 0 amide bonds. The maximum atomic E-state index is 13.8. The van der Waals surface area contributed by atoms with Crippen LogP contribution in [0.15, 0.2) is 102 Å². The molecule has 1 unspecified atom stereocenters. The van der Waals surface area contributed by atoms with Crippen LogP contribution in [-0.4, -0.2) is 24.3 Å². The van der Waals surface area contributed by atoms with Gasteiger partial charge in [-0.25, -0.2) is 0 Å². The Morgan fingerprint density at radius 3 is 1.88 bits per heavy atom. The van der Waals surface area contributed by atoms with Gasteiger partial charge in [0.1, 0.15) is 29.6 Å². The smallest absolute Gasteiger partial charge is 0.258 e. The van der Waals surface area contributed by atoms with E-state index in [4.69, 9.17) is 9.16 Å². The number of carbonyl (C=O) groups excluding carboxylic acids is 1. The number of hydrogen-bond acceptors (Lipinski definition) is 6. The molecular formula is C36H42O5SSi. The van der Waals surface area contributed by atoms with Crippen LogP contribution < -0.4 is 9.16 Å². The molecule has 0 bridgehead atoms. The van der Waals surface area contributed by atoms with Crippen LogP contribution in [-0.2, 0) is 6.61 Å². The Kier molecular flexibility index (Phi) is 10.6. The molecule has 0 fully saturated rings. The molecule has 0 radical (unpaired) electrons. The Labute approximate surface area is 261 Å². The monoisotopic (exact) mass is 614 g/mol. The SMILES string of the molecule is CC(C)[Si](Oc1ccc(C(Sc2ccc(OCc3ccccc3)cc2O)C(=O)c2ccc(O)cc2)cc1)(C(C)C)C(C)C. The average Bonchev–Trinajstić information content (AvgIpc) is 2.99. The Morgan fingerprint density at radius 2 is 1.33 bits per heavy atom. The fourth-order valence-electron chi connectivity index (χ4n) is 5.87. The summed E-state index contributed by atoms with van der Waals surface area (Å²) in [6.07, 6.45) is 0. The average molecular weight is 615 g/mol. The molecule has 0 aliphatic heterocycles. The molecule has 0 heterocycles. The molecule has 0 saturated carbocycles. The van der Waals surface area contributed by atoms with Crippen LogP contribution in [0, 0.1) is 0 Å². The molecule has 0 aromatic heterocycles. The van der Waals surface area contributed by atoms with Crippen molar-refractivity contribution in [1.29, 1.82) is 0 Å². The molecule has 1 atom stereocenters. The van der Waals surface area contributed by atoms with Gasteiger partial charge in [-0.05, 0) is 76.3 Å². The number of ketones is 1. The van der Waals surface area contributed by atoms with Crippen molar-refractivity contribution in [3.05, 3.63) is 114 Å². The largest absolute Gasteiger partial charge is 0.543 e. The number of rotatable bonds is 13. The van der Waals surface area contributed by atoms with Gasteiger partial charge < -0.3 is 19.4 Å². The van der Waals surface area contributed by atoms with Crippen molar-refractivity contribution < 1.29 is 24.2 Å². The highest BCUT2D eigenvalue weighted by Gasteiger charge is 2.47. The summed E-state index contributed by atoms with van der Waals surface area (Å²) in [6.45, 7) is 13.9. The second-order valence-corrected chi connectivity index (χ2v) is 18.3. The maximum Gasteiger partial charge on any atom is 0.258 e. The van der Waals surface area contributed by atoms with Crippen LogP contribution >= 0.6 is 11.8 Å². The lowest BCUT2D eigenvalue weighted by Gasteiger charge is -2.42. The van der Waals surface area contributed by atoms with Crippen molar-refractivity contribution in [2.75, 3.05) is 0 Å². The van der Waals surface area contributed by atoms with Gasteiger partial charge in [-0.3, -0.25) is 4.79 Å². The van der Waals surface area contributed by atoms with Gasteiger partial charge in [0.05, 0.1) is 10.1 Å². The van der Waals surface area contributed by atoms with E-state index < -0.39 is 13.6 Å². The zero-order chi connectivity index (χ0) is 31.1. The van der Waals surface area contributed by atoms with Crippen LogP contribution in [0.25, 0.3) is 0 Å². The fraction of sp³-hybridized carbons (Fsp3) is 0.306. The lowest BCUT2D eigenvalue weighted by molar-refractivity contribution is 0.0989. The summed E-state index contributed by atoms with van der Waals surface area (Å²) in [5.41, 5.74) is 3.62. The molecule has 4 aromatic carbocycles. The quantitative estimate of drug-likeness (QED) is 0.0887. The summed E-state index contributed by atoms with van der Waals surface area (Å²) in [4.78, 5) is 14.4. The van der Waals surface area contributed by atoms with Gasteiger partial charge in [-0.2, -0.15) is 0 Å². The van der Waals surface area contributed by atoms with Gasteiger partial charge in [-0.15, -0.1) is 11.8 Å².